The van der Waals surface area contributed by atoms with Crippen molar-refractivity contribution in [3.05, 3.63) is 0 Å². The Balaban J connectivity index is 1.86. The Bertz CT molecular complexity index is 308. The molecule has 0 aromatic carbocycles. The molecule has 2 rings (SSSR count). The van der Waals surface area contributed by atoms with E-state index in [1.165, 1.54) is 25.7 Å². The highest BCUT2D eigenvalue weighted by molar-refractivity contribution is 5.78. The maximum absolute atomic E-state index is 6.13. The van der Waals surface area contributed by atoms with Crippen LogP contribution in [0.2, 0.25) is 0 Å². The lowest BCUT2D eigenvalue weighted by molar-refractivity contribution is 0.0671. The van der Waals surface area contributed by atoms with Crippen molar-refractivity contribution in [3.8, 4) is 0 Å². The molecular formula is C15H29N3O2. The standard InChI is InChI=1S/C15H29N3O2/c1-2-19-10-7-15(5-3-4-6-15)13-17-14(16)18-8-11-20-12-9-18/h2-13H2,1H3,(H2,16,17). The number of nitrogens with zero attached hydrogens (tertiary/aromatic N) is 2. The molecule has 0 atom stereocenters. The lowest BCUT2D eigenvalue weighted by Gasteiger charge is -2.30. The Morgan fingerprint density at radius 3 is 2.65 bits per heavy atom. The van der Waals surface area contributed by atoms with E-state index in [1.807, 2.05) is 0 Å². The topological polar surface area (TPSA) is 60.1 Å². The molecule has 0 amide bonds. The molecule has 1 aliphatic heterocycles. The molecule has 0 bridgehead atoms. The smallest absolute Gasteiger partial charge is 0.191 e. The number of morpholine rings is 1. The highest BCUT2D eigenvalue weighted by atomic mass is 16.5. The fourth-order valence-electron chi connectivity index (χ4n) is 3.19. The van der Waals surface area contributed by atoms with Gasteiger partial charge in [0.05, 0.1) is 13.2 Å². The van der Waals surface area contributed by atoms with Crippen LogP contribution in [0.1, 0.15) is 39.0 Å². The van der Waals surface area contributed by atoms with E-state index < -0.39 is 0 Å². The lowest BCUT2D eigenvalue weighted by Crippen LogP contribution is -2.45. The summed E-state index contributed by atoms with van der Waals surface area (Å²) in [5.74, 6) is 0.691. The Morgan fingerprint density at radius 2 is 2.00 bits per heavy atom. The van der Waals surface area contributed by atoms with E-state index in [9.17, 15) is 0 Å². The molecule has 1 heterocycles. The van der Waals surface area contributed by atoms with E-state index in [0.29, 0.717) is 11.4 Å². The molecule has 5 heteroatoms. The van der Waals surface area contributed by atoms with Crippen molar-refractivity contribution in [3.63, 3.8) is 0 Å². The van der Waals surface area contributed by atoms with Crippen LogP contribution in [0, 0.1) is 5.41 Å². The monoisotopic (exact) mass is 283 g/mol. The normalized spacial score (nSPS) is 23.2. The number of rotatable bonds is 6. The number of hydrogen-bond acceptors (Lipinski definition) is 3. The van der Waals surface area contributed by atoms with Crippen LogP contribution >= 0.6 is 0 Å². The van der Waals surface area contributed by atoms with Crippen LogP contribution < -0.4 is 5.73 Å². The molecule has 0 spiro atoms. The largest absolute Gasteiger partial charge is 0.382 e. The van der Waals surface area contributed by atoms with E-state index in [2.05, 4.69) is 16.8 Å². The zero-order valence-corrected chi connectivity index (χ0v) is 12.8. The van der Waals surface area contributed by atoms with Gasteiger partial charge in [0.15, 0.2) is 5.96 Å². The zero-order chi connectivity index (χ0) is 14.3. The molecule has 20 heavy (non-hydrogen) atoms. The zero-order valence-electron chi connectivity index (χ0n) is 12.8. The van der Waals surface area contributed by atoms with Crippen molar-refractivity contribution in [2.75, 3.05) is 46.1 Å². The maximum atomic E-state index is 6.13. The first-order chi connectivity index (χ1) is 9.76. The van der Waals surface area contributed by atoms with E-state index in [-0.39, 0.29) is 0 Å². The Labute approximate surface area is 122 Å². The molecule has 2 fully saturated rings. The fourth-order valence-corrected chi connectivity index (χ4v) is 3.19. The van der Waals surface area contributed by atoms with Crippen LogP contribution in [0.15, 0.2) is 4.99 Å². The number of guanidine groups is 1. The minimum absolute atomic E-state index is 0.325. The summed E-state index contributed by atoms with van der Waals surface area (Å²) < 4.78 is 10.9. The number of ether oxygens (including phenoxy) is 2. The molecule has 5 nitrogen and oxygen atoms in total. The Kier molecular flexibility index (Phi) is 6.10. The maximum Gasteiger partial charge on any atom is 0.191 e. The van der Waals surface area contributed by atoms with E-state index in [0.717, 1.165) is 52.5 Å². The first-order valence-corrected chi connectivity index (χ1v) is 7.96. The molecule has 1 saturated heterocycles. The van der Waals surface area contributed by atoms with E-state index in [1.54, 1.807) is 0 Å². The summed E-state index contributed by atoms with van der Waals surface area (Å²) in [5.41, 5.74) is 6.45. The second kappa shape index (κ2) is 7.84. The Hall–Kier alpha value is -0.810. The average Bonchev–Trinajstić information content (AvgIpc) is 2.95. The molecule has 0 aromatic heterocycles. The highest BCUT2D eigenvalue weighted by Crippen LogP contribution is 2.41. The predicted octanol–water partition coefficient (Wildman–Crippen LogP) is 1.62. The van der Waals surface area contributed by atoms with E-state index in [4.69, 9.17) is 15.2 Å². The van der Waals surface area contributed by atoms with Crippen molar-refractivity contribution < 1.29 is 9.47 Å². The summed E-state index contributed by atoms with van der Waals surface area (Å²) in [7, 11) is 0. The number of hydrogen-bond donors (Lipinski definition) is 1. The van der Waals surface area contributed by atoms with Gasteiger partial charge in [-0.15, -0.1) is 0 Å². The first-order valence-electron chi connectivity index (χ1n) is 7.96. The van der Waals surface area contributed by atoms with Gasteiger partial charge in [-0.25, -0.2) is 0 Å². The van der Waals surface area contributed by atoms with Gasteiger partial charge in [0.2, 0.25) is 0 Å². The summed E-state index contributed by atoms with van der Waals surface area (Å²) in [4.78, 5) is 6.82. The van der Waals surface area contributed by atoms with Crippen LogP contribution in [-0.4, -0.2) is 56.9 Å². The fraction of sp³-hybridized carbons (Fsp3) is 0.933. The van der Waals surface area contributed by atoms with Crippen LogP contribution in [-0.2, 0) is 9.47 Å². The summed E-state index contributed by atoms with van der Waals surface area (Å²) >= 11 is 0. The van der Waals surface area contributed by atoms with Crippen LogP contribution in [0.25, 0.3) is 0 Å². The summed E-state index contributed by atoms with van der Waals surface area (Å²) in [6, 6.07) is 0. The number of nitrogens with two attached hydrogens (primary N) is 1. The van der Waals surface area contributed by atoms with Gasteiger partial charge in [-0.1, -0.05) is 12.8 Å². The van der Waals surface area contributed by atoms with E-state index >= 15 is 0 Å². The molecule has 0 radical (unpaired) electrons. The predicted molar refractivity (Wildman–Crippen MR) is 80.9 cm³/mol. The van der Waals surface area contributed by atoms with Crippen molar-refractivity contribution in [2.24, 2.45) is 16.1 Å². The molecule has 116 valence electrons. The molecule has 0 unspecified atom stereocenters. The van der Waals surface area contributed by atoms with Gasteiger partial charge in [0, 0.05) is 32.8 Å². The molecule has 1 saturated carbocycles. The minimum atomic E-state index is 0.325. The van der Waals surface area contributed by atoms with Crippen LogP contribution in [0.5, 0.6) is 0 Å². The minimum Gasteiger partial charge on any atom is -0.382 e. The SMILES string of the molecule is CCOCCC1(CN=C(N)N2CCOCC2)CCCC1. The first kappa shape index (κ1) is 15.6. The molecule has 1 aliphatic carbocycles. The van der Waals surface area contributed by atoms with Gasteiger partial charge in [0.1, 0.15) is 0 Å². The number of aliphatic imine (C=N–C) groups is 1. The molecular weight excluding hydrogens is 254 g/mol. The van der Waals surface area contributed by atoms with Gasteiger partial charge in [-0.2, -0.15) is 0 Å². The lowest BCUT2D eigenvalue weighted by atomic mass is 9.83. The second-order valence-corrected chi connectivity index (χ2v) is 5.93. The van der Waals surface area contributed by atoms with Gasteiger partial charge in [-0.3, -0.25) is 4.99 Å². The van der Waals surface area contributed by atoms with Crippen molar-refractivity contribution >= 4 is 5.96 Å². The summed E-state index contributed by atoms with van der Waals surface area (Å²) in [5, 5.41) is 0. The second-order valence-electron chi connectivity index (χ2n) is 5.93. The van der Waals surface area contributed by atoms with Crippen molar-refractivity contribution in [2.45, 2.75) is 39.0 Å². The van der Waals surface area contributed by atoms with Gasteiger partial charge >= 0.3 is 0 Å². The highest BCUT2D eigenvalue weighted by Gasteiger charge is 2.33. The molecule has 2 aliphatic rings. The molecule has 2 N–H and O–H groups in total. The van der Waals surface area contributed by atoms with Crippen molar-refractivity contribution in [1.82, 2.24) is 4.90 Å². The van der Waals surface area contributed by atoms with Crippen LogP contribution in [0.3, 0.4) is 0 Å². The molecule has 0 aromatic rings. The third kappa shape index (κ3) is 4.35. The summed E-state index contributed by atoms with van der Waals surface area (Å²) in [6.45, 7) is 7.79. The van der Waals surface area contributed by atoms with Crippen molar-refractivity contribution in [1.29, 1.82) is 0 Å². The van der Waals surface area contributed by atoms with Crippen LogP contribution in [0.4, 0.5) is 0 Å². The average molecular weight is 283 g/mol. The van der Waals surface area contributed by atoms with Gasteiger partial charge in [-0.05, 0) is 31.6 Å². The quantitative estimate of drug-likeness (QED) is 0.457. The third-order valence-electron chi connectivity index (χ3n) is 4.56. The third-order valence-corrected chi connectivity index (χ3v) is 4.56. The van der Waals surface area contributed by atoms with Gasteiger partial charge < -0.3 is 20.1 Å². The van der Waals surface area contributed by atoms with Gasteiger partial charge in [0.25, 0.3) is 0 Å². The Morgan fingerprint density at radius 1 is 1.30 bits per heavy atom. The summed E-state index contributed by atoms with van der Waals surface area (Å²) in [6.07, 6.45) is 6.28.